The summed E-state index contributed by atoms with van der Waals surface area (Å²) in [5.74, 6) is 1.57. The van der Waals surface area contributed by atoms with Gasteiger partial charge in [-0.2, -0.15) is 4.98 Å². The largest absolute Gasteiger partial charge is 0.491 e. The van der Waals surface area contributed by atoms with Gasteiger partial charge in [0, 0.05) is 37.8 Å². The van der Waals surface area contributed by atoms with Gasteiger partial charge in [-0.25, -0.2) is 13.4 Å². The normalized spacial score (nSPS) is 16.0. The van der Waals surface area contributed by atoms with Crippen LogP contribution in [0.5, 0.6) is 5.75 Å². The molecule has 3 rings (SSSR count). The third-order valence-electron chi connectivity index (χ3n) is 5.11. The van der Waals surface area contributed by atoms with Crippen molar-refractivity contribution in [3.8, 4) is 5.75 Å². The molecule has 0 amide bonds. The van der Waals surface area contributed by atoms with Crippen molar-refractivity contribution in [3.63, 3.8) is 0 Å². The van der Waals surface area contributed by atoms with Gasteiger partial charge in [0.2, 0.25) is 0 Å². The van der Waals surface area contributed by atoms with Crippen LogP contribution in [0.3, 0.4) is 0 Å². The van der Waals surface area contributed by atoms with E-state index >= 15 is 0 Å². The Labute approximate surface area is 172 Å². The summed E-state index contributed by atoms with van der Waals surface area (Å²) in [7, 11) is -1.19. The second kappa shape index (κ2) is 9.08. The van der Waals surface area contributed by atoms with Crippen LogP contribution in [-0.4, -0.2) is 74.0 Å². The lowest BCUT2D eigenvalue weighted by Gasteiger charge is -2.35. The maximum Gasteiger partial charge on any atom is 0.324 e. The third kappa shape index (κ3) is 5.66. The molecule has 0 saturated carbocycles. The van der Waals surface area contributed by atoms with Gasteiger partial charge < -0.3 is 14.2 Å². The summed E-state index contributed by atoms with van der Waals surface area (Å²) >= 11 is 0. The Morgan fingerprint density at radius 2 is 2.03 bits per heavy atom. The van der Waals surface area contributed by atoms with Gasteiger partial charge in [-0.15, -0.1) is 0 Å². The van der Waals surface area contributed by atoms with Crippen molar-refractivity contribution < 1.29 is 17.7 Å². The summed E-state index contributed by atoms with van der Waals surface area (Å²) in [5.41, 5.74) is 0. The summed E-state index contributed by atoms with van der Waals surface area (Å²) in [6, 6.07) is 4.18. The minimum atomic E-state index is -3.29. The molecule has 160 valence electrons. The molecule has 0 unspecified atom stereocenters. The number of anilines is 1. The molecule has 10 heteroatoms. The molecule has 2 aromatic rings. The monoisotopic (exact) mass is 423 g/mol. The number of hydrogen-bond donors (Lipinski definition) is 0. The van der Waals surface area contributed by atoms with E-state index in [9.17, 15) is 8.42 Å². The fourth-order valence-corrected chi connectivity index (χ4v) is 3.81. The second-order valence-corrected chi connectivity index (χ2v) is 9.70. The van der Waals surface area contributed by atoms with Gasteiger partial charge >= 0.3 is 6.01 Å². The summed E-state index contributed by atoms with van der Waals surface area (Å²) < 4.78 is 34.0. The summed E-state index contributed by atoms with van der Waals surface area (Å²) in [4.78, 5) is 12.9. The van der Waals surface area contributed by atoms with E-state index in [0.29, 0.717) is 24.4 Å². The molecule has 3 heterocycles. The molecule has 1 aliphatic heterocycles. The van der Waals surface area contributed by atoms with E-state index in [1.165, 1.54) is 12.3 Å². The summed E-state index contributed by atoms with van der Waals surface area (Å²) in [6.45, 7) is 7.15. The summed E-state index contributed by atoms with van der Waals surface area (Å²) in [6.07, 6.45) is 4.61. The topological polar surface area (TPSA) is 102 Å². The Kier molecular flexibility index (Phi) is 6.74. The molecule has 2 aromatic heterocycles. The first-order valence-electron chi connectivity index (χ1n) is 9.81. The molecule has 1 saturated heterocycles. The van der Waals surface area contributed by atoms with Crippen LogP contribution in [0, 0.1) is 0 Å². The molecular weight excluding hydrogens is 394 g/mol. The SMILES string of the molecule is CC(C)c1noc(N2CCC(N(C)CCOc3ccc(S(C)(=O)=O)nc3)CC2)n1. The van der Waals surface area contributed by atoms with Crippen LogP contribution in [0.2, 0.25) is 0 Å². The Balaban J connectivity index is 1.42. The molecule has 0 spiro atoms. The Hall–Kier alpha value is -2.20. The van der Waals surface area contributed by atoms with Crippen LogP contribution >= 0.6 is 0 Å². The van der Waals surface area contributed by atoms with Crippen LogP contribution in [0.15, 0.2) is 27.9 Å². The van der Waals surface area contributed by atoms with Gasteiger partial charge in [0.15, 0.2) is 20.7 Å². The number of pyridine rings is 1. The van der Waals surface area contributed by atoms with Crippen molar-refractivity contribution in [2.24, 2.45) is 0 Å². The number of rotatable bonds is 8. The predicted octanol–water partition coefficient (Wildman–Crippen LogP) is 1.97. The summed E-state index contributed by atoms with van der Waals surface area (Å²) in [5, 5.41) is 4.09. The number of ether oxygens (including phenoxy) is 1. The predicted molar refractivity (Wildman–Crippen MR) is 109 cm³/mol. The number of likely N-dealkylation sites (N-methyl/N-ethyl adjacent to an activating group) is 1. The number of sulfone groups is 1. The molecule has 0 aliphatic carbocycles. The molecule has 29 heavy (non-hydrogen) atoms. The fraction of sp³-hybridized carbons (Fsp3) is 0.632. The van der Waals surface area contributed by atoms with Crippen molar-refractivity contribution in [2.75, 3.05) is 44.4 Å². The van der Waals surface area contributed by atoms with Gasteiger partial charge in [0.1, 0.15) is 12.4 Å². The molecule has 0 atom stereocenters. The van der Waals surface area contributed by atoms with E-state index in [0.717, 1.165) is 44.6 Å². The minimum Gasteiger partial charge on any atom is -0.491 e. The standard InChI is InChI=1S/C19H29N5O4S/c1-14(2)18-21-19(28-22-18)24-9-7-15(8-10-24)23(3)11-12-27-16-5-6-17(20-13-16)29(4,25)26/h5-6,13-15H,7-12H2,1-4H3. The number of piperidine rings is 1. The molecule has 9 nitrogen and oxygen atoms in total. The molecular formula is C19H29N5O4S. The molecule has 0 radical (unpaired) electrons. The zero-order valence-corrected chi connectivity index (χ0v) is 18.2. The quantitative estimate of drug-likeness (QED) is 0.630. The van der Waals surface area contributed by atoms with E-state index in [1.54, 1.807) is 6.07 Å². The third-order valence-corrected chi connectivity index (χ3v) is 6.11. The number of hydrogen-bond acceptors (Lipinski definition) is 9. The van der Waals surface area contributed by atoms with E-state index < -0.39 is 9.84 Å². The highest BCUT2D eigenvalue weighted by molar-refractivity contribution is 7.90. The molecule has 0 bridgehead atoms. The lowest BCUT2D eigenvalue weighted by Crippen LogP contribution is -2.44. The van der Waals surface area contributed by atoms with Crippen LogP contribution in [0.4, 0.5) is 6.01 Å². The first-order chi connectivity index (χ1) is 13.7. The average Bonchev–Trinajstić information content (AvgIpc) is 3.18. The van der Waals surface area contributed by atoms with E-state index in [-0.39, 0.29) is 10.9 Å². The number of aromatic nitrogens is 3. The lowest BCUT2D eigenvalue weighted by atomic mass is 10.0. The molecule has 0 N–H and O–H groups in total. The molecule has 1 fully saturated rings. The highest BCUT2D eigenvalue weighted by Crippen LogP contribution is 2.22. The van der Waals surface area contributed by atoms with Crippen molar-refractivity contribution >= 4 is 15.9 Å². The lowest BCUT2D eigenvalue weighted by molar-refractivity contribution is 0.169. The Morgan fingerprint density at radius 3 is 2.59 bits per heavy atom. The zero-order valence-electron chi connectivity index (χ0n) is 17.4. The van der Waals surface area contributed by atoms with Crippen LogP contribution in [-0.2, 0) is 9.84 Å². The smallest absolute Gasteiger partial charge is 0.324 e. The highest BCUT2D eigenvalue weighted by atomic mass is 32.2. The van der Waals surface area contributed by atoms with Gasteiger partial charge in [-0.3, -0.25) is 4.90 Å². The zero-order chi connectivity index (χ0) is 21.0. The first kappa shape index (κ1) is 21.5. The first-order valence-corrected chi connectivity index (χ1v) is 11.7. The van der Waals surface area contributed by atoms with Crippen molar-refractivity contribution in [3.05, 3.63) is 24.2 Å². The van der Waals surface area contributed by atoms with E-state index in [2.05, 4.69) is 32.0 Å². The maximum atomic E-state index is 11.4. The maximum absolute atomic E-state index is 11.4. The fourth-order valence-electron chi connectivity index (χ4n) is 3.25. The minimum absolute atomic E-state index is 0.0514. The van der Waals surface area contributed by atoms with Crippen molar-refractivity contribution in [1.82, 2.24) is 20.0 Å². The van der Waals surface area contributed by atoms with Crippen LogP contribution in [0.25, 0.3) is 0 Å². The van der Waals surface area contributed by atoms with E-state index in [1.807, 2.05) is 13.8 Å². The average molecular weight is 424 g/mol. The Bertz CT molecular complexity index is 890. The Morgan fingerprint density at radius 1 is 1.31 bits per heavy atom. The van der Waals surface area contributed by atoms with Gasteiger partial charge in [-0.05, 0) is 32.0 Å². The van der Waals surface area contributed by atoms with Crippen molar-refractivity contribution in [2.45, 2.75) is 43.7 Å². The van der Waals surface area contributed by atoms with Crippen molar-refractivity contribution in [1.29, 1.82) is 0 Å². The van der Waals surface area contributed by atoms with Crippen LogP contribution < -0.4 is 9.64 Å². The molecule has 0 aromatic carbocycles. The van der Waals surface area contributed by atoms with Gasteiger partial charge in [0.25, 0.3) is 0 Å². The molecule has 1 aliphatic rings. The van der Waals surface area contributed by atoms with Gasteiger partial charge in [-0.1, -0.05) is 19.0 Å². The second-order valence-electron chi connectivity index (χ2n) is 7.74. The van der Waals surface area contributed by atoms with Gasteiger partial charge in [0.05, 0.1) is 6.20 Å². The van der Waals surface area contributed by atoms with E-state index in [4.69, 9.17) is 9.26 Å². The highest BCUT2D eigenvalue weighted by Gasteiger charge is 2.25. The van der Waals surface area contributed by atoms with Crippen LogP contribution in [0.1, 0.15) is 38.4 Å². The number of nitrogens with zero attached hydrogens (tertiary/aromatic N) is 5.